The maximum atomic E-state index is 9.68. The quantitative estimate of drug-likeness (QED) is 0.559. The summed E-state index contributed by atoms with van der Waals surface area (Å²) in [7, 11) is 0. The van der Waals surface area contributed by atoms with Crippen LogP contribution in [0.15, 0.2) is 53.8 Å². The molecule has 2 N–H and O–H groups in total. The highest BCUT2D eigenvalue weighted by atomic mass is 16.5. The number of rotatable bonds is 5. The Morgan fingerprint density at radius 1 is 1.26 bits per heavy atom. The Labute approximate surface area is 133 Å². The second-order valence-corrected chi connectivity index (χ2v) is 4.81. The predicted octanol–water partition coefficient (Wildman–Crippen LogP) is 3.18. The molecule has 116 valence electrons. The fraction of sp³-hybridized carbons (Fsp3) is 0.118. The van der Waals surface area contributed by atoms with Crippen molar-refractivity contribution in [2.45, 2.75) is 6.92 Å². The van der Waals surface area contributed by atoms with Crippen molar-refractivity contribution in [3.63, 3.8) is 0 Å². The molecular formula is C17H16N4O2. The van der Waals surface area contributed by atoms with E-state index in [1.54, 1.807) is 30.6 Å². The van der Waals surface area contributed by atoms with E-state index in [4.69, 9.17) is 4.74 Å². The molecule has 6 nitrogen and oxygen atoms in total. The number of benzene rings is 2. The van der Waals surface area contributed by atoms with E-state index in [1.165, 1.54) is 0 Å². The Bertz CT molecular complexity index is 844. The average molecular weight is 308 g/mol. The number of hydrogen-bond acceptors (Lipinski definition) is 6. The highest BCUT2D eigenvalue weighted by molar-refractivity contribution is 5.91. The number of fused-ring (bicyclic) bond motifs is 1. The van der Waals surface area contributed by atoms with Gasteiger partial charge in [0.2, 0.25) is 0 Å². The highest BCUT2D eigenvalue weighted by Gasteiger charge is 2.03. The summed E-state index contributed by atoms with van der Waals surface area (Å²) in [6.07, 6.45) is 3.34. The third kappa shape index (κ3) is 3.37. The molecule has 0 fully saturated rings. The molecule has 0 amide bonds. The molecule has 0 unspecified atom stereocenters. The molecular weight excluding hydrogens is 292 g/mol. The Morgan fingerprint density at radius 3 is 3.00 bits per heavy atom. The van der Waals surface area contributed by atoms with Gasteiger partial charge in [0.05, 0.1) is 19.0 Å². The minimum atomic E-state index is 0.108. The Kier molecular flexibility index (Phi) is 4.33. The monoisotopic (exact) mass is 308 g/mol. The van der Waals surface area contributed by atoms with E-state index in [1.807, 2.05) is 31.2 Å². The largest absolute Gasteiger partial charge is 0.504 e. The van der Waals surface area contributed by atoms with Crippen LogP contribution in [-0.4, -0.2) is 28.1 Å². The zero-order valence-corrected chi connectivity index (χ0v) is 12.6. The lowest BCUT2D eigenvalue weighted by molar-refractivity contribution is 0.318. The number of phenolic OH excluding ortho intramolecular Hbond substituents is 1. The third-order valence-electron chi connectivity index (χ3n) is 3.24. The number of nitrogens with zero attached hydrogens (tertiary/aromatic N) is 3. The van der Waals surface area contributed by atoms with E-state index in [2.05, 4.69) is 20.7 Å². The predicted molar refractivity (Wildman–Crippen MR) is 90.0 cm³/mol. The first-order valence-corrected chi connectivity index (χ1v) is 7.23. The summed E-state index contributed by atoms with van der Waals surface area (Å²) < 4.78 is 5.35. The van der Waals surface area contributed by atoms with E-state index >= 15 is 0 Å². The Hall–Kier alpha value is -3.15. The van der Waals surface area contributed by atoms with Crippen molar-refractivity contribution in [1.29, 1.82) is 0 Å². The molecule has 0 saturated carbocycles. The van der Waals surface area contributed by atoms with Crippen LogP contribution in [0.5, 0.6) is 11.5 Å². The SMILES string of the molecule is CCOc1cc(C=NNc2nncc3ccccc23)ccc1O. The van der Waals surface area contributed by atoms with Crippen LogP contribution in [0.4, 0.5) is 5.82 Å². The highest BCUT2D eigenvalue weighted by Crippen LogP contribution is 2.26. The van der Waals surface area contributed by atoms with Gasteiger partial charge in [-0.05, 0) is 30.7 Å². The standard InChI is InChI=1S/C17H16N4O2/c1-2-23-16-9-12(7-8-15(16)22)10-18-20-17-14-6-4-3-5-13(14)11-19-21-17/h3-11,22H,2H2,1H3,(H,20,21). The molecule has 1 aromatic heterocycles. The zero-order valence-electron chi connectivity index (χ0n) is 12.6. The summed E-state index contributed by atoms with van der Waals surface area (Å²) in [5.74, 6) is 1.13. The normalized spacial score (nSPS) is 11.0. The molecule has 1 heterocycles. The van der Waals surface area contributed by atoms with Crippen LogP contribution in [0.2, 0.25) is 0 Å². The number of aromatic hydroxyl groups is 1. The maximum absolute atomic E-state index is 9.68. The number of anilines is 1. The fourth-order valence-corrected chi connectivity index (χ4v) is 2.16. The molecule has 0 bridgehead atoms. The molecule has 0 spiro atoms. The van der Waals surface area contributed by atoms with Crippen LogP contribution in [0.25, 0.3) is 10.8 Å². The zero-order chi connectivity index (χ0) is 16.1. The lowest BCUT2D eigenvalue weighted by Gasteiger charge is -2.06. The van der Waals surface area contributed by atoms with Gasteiger partial charge in [0.15, 0.2) is 17.3 Å². The lowest BCUT2D eigenvalue weighted by Crippen LogP contribution is -1.97. The topological polar surface area (TPSA) is 79.6 Å². The molecule has 0 atom stereocenters. The molecule has 0 saturated heterocycles. The number of aromatic nitrogens is 2. The van der Waals surface area contributed by atoms with Gasteiger partial charge in [0, 0.05) is 10.8 Å². The van der Waals surface area contributed by atoms with Crippen molar-refractivity contribution in [3.05, 3.63) is 54.2 Å². The minimum Gasteiger partial charge on any atom is -0.504 e. The number of nitrogens with one attached hydrogen (secondary N) is 1. The van der Waals surface area contributed by atoms with Crippen molar-refractivity contribution < 1.29 is 9.84 Å². The van der Waals surface area contributed by atoms with E-state index in [0.717, 1.165) is 16.3 Å². The smallest absolute Gasteiger partial charge is 0.176 e. The van der Waals surface area contributed by atoms with Gasteiger partial charge in [-0.2, -0.15) is 10.2 Å². The summed E-state index contributed by atoms with van der Waals surface area (Å²) in [4.78, 5) is 0. The van der Waals surface area contributed by atoms with Crippen molar-refractivity contribution in [2.75, 3.05) is 12.0 Å². The molecule has 0 radical (unpaired) electrons. The number of phenols is 1. The Morgan fingerprint density at radius 2 is 2.13 bits per heavy atom. The van der Waals surface area contributed by atoms with Gasteiger partial charge < -0.3 is 9.84 Å². The van der Waals surface area contributed by atoms with Gasteiger partial charge >= 0.3 is 0 Å². The first kappa shape index (κ1) is 14.8. The van der Waals surface area contributed by atoms with E-state index in [-0.39, 0.29) is 5.75 Å². The van der Waals surface area contributed by atoms with Gasteiger partial charge in [-0.3, -0.25) is 5.43 Å². The van der Waals surface area contributed by atoms with Crippen molar-refractivity contribution in [1.82, 2.24) is 10.2 Å². The first-order chi connectivity index (χ1) is 11.3. The summed E-state index contributed by atoms with van der Waals surface area (Å²) in [6, 6.07) is 12.8. The number of hydrogen-bond donors (Lipinski definition) is 2. The van der Waals surface area contributed by atoms with E-state index in [0.29, 0.717) is 18.2 Å². The maximum Gasteiger partial charge on any atom is 0.176 e. The molecule has 6 heteroatoms. The van der Waals surface area contributed by atoms with Gasteiger partial charge in [-0.25, -0.2) is 0 Å². The van der Waals surface area contributed by atoms with Gasteiger partial charge in [0.25, 0.3) is 0 Å². The van der Waals surface area contributed by atoms with E-state index in [9.17, 15) is 5.11 Å². The molecule has 3 aromatic rings. The lowest BCUT2D eigenvalue weighted by atomic mass is 10.2. The van der Waals surface area contributed by atoms with Crippen molar-refractivity contribution in [3.8, 4) is 11.5 Å². The van der Waals surface area contributed by atoms with Crippen molar-refractivity contribution in [2.24, 2.45) is 5.10 Å². The Balaban J connectivity index is 1.79. The fourth-order valence-electron chi connectivity index (χ4n) is 2.16. The third-order valence-corrected chi connectivity index (χ3v) is 3.24. The second-order valence-electron chi connectivity index (χ2n) is 4.81. The average Bonchev–Trinajstić information content (AvgIpc) is 2.58. The summed E-state index contributed by atoms with van der Waals surface area (Å²) >= 11 is 0. The van der Waals surface area contributed by atoms with Crippen LogP contribution in [-0.2, 0) is 0 Å². The molecule has 23 heavy (non-hydrogen) atoms. The van der Waals surface area contributed by atoms with Crippen LogP contribution >= 0.6 is 0 Å². The van der Waals surface area contributed by atoms with Crippen LogP contribution in [0.1, 0.15) is 12.5 Å². The van der Waals surface area contributed by atoms with Crippen molar-refractivity contribution >= 4 is 22.8 Å². The van der Waals surface area contributed by atoms with Gasteiger partial charge in [0.1, 0.15) is 0 Å². The summed E-state index contributed by atoms with van der Waals surface area (Å²) in [5.41, 5.74) is 3.69. The summed E-state index contributed by atoms with van der Waals surface area (Å²) in [5, 5.41) is 23.8. The van der Waals surface area contributed by atoms with Crippen LogP contribution in [0.3, 0.4) is 0 Å². The molecule has 3 rings (SSSR count). The number of hydrazone groups is 1. The number of ether oxygens (including phenoxy) is 1. The molecule has 0 aliphatic carbocycles. The second kappa shape index (κ2) is 6.74. The first-order valence-electron chi connectivity index (χ1n) is 7.23. The molecule has 0 aliphatic heterocycles. The molecule has 2 aromatic carbocycles. The molecule has 0 aliphatic rings. The minimum absolute atomic E-state index is 0.108. The van der Waals surface area contributed by atoms with Gasteiger partial charge in [-0.1, -0.05) is 24.3 Å². The van der Waals surface area contributed by atoms with Crippen LogP contribution in [0, 0.1) is 0 Å². The van der Waals surface area contributed by atoms with E-state index < -0.39 is 0 Å². The van der Waals surface area contributed by atoms with Crippen LogP contribution < -0.4 is 10.2 Å². The summed E-state index contributed by atoms with van der Waals surface area (Å²) in [6.45, 7) is 2.35. The van der Waals surface area contributed by atoms with Gasteiger partial charge in [-0.15, -0.1) is 5.10 Å².